The van der Waals surface area contributed by atoms with E-state index in [1.807, 2.05) is 22.7 Å². The molecule has 5 heterocycles. The molecule has 2 aliphatic heterocycles. The average Bonchev–Trinajstić information content (AvgIpc) is 3.93. The minimum Gasteiger partial charge on any atom is -0.376 e. The van der Waals surface area contributed by atoms with E-state index in [0.717, 1.165) is 0 Å². The standard InChI is InChI=1S/C59H55BN2S2/c1-32-26-41-42(59(10,11)25-24-58(41,8)9)31-46(32)62-45-23-21-36-35-16-12-14-18-47(35)64-55(36)50(45)40-30-49-51(37-17-13-15-19-48(37)63-49)54-52(40)60(62)43-29-34(57(5,6)7)28-39-38-27-33(56(2,3)4)20-22-44(38)61(54)53(39)43/h12-23,26-31H,24-25H2,1-11H3. The molecule has 5 heteroatoms. The van der Waals surface area contributed by atoms with Crippen LogP contribution < -0.4 is 15.7 Å². The summed E-state index contributed by atoms with van der Waals surface area (Å²) in [5.41, 5.74) is 19.5. The fourth-order valence-corrected chi connectivity index (χ4v) is 14.6. The van der Waals surface area contributed by atoms with E-state index in [2.05, 4.69) is 195 Å². The van der Waals surface area contributed by atoms with Gasteiger partial charge in [-0.2, -0.15) is 0 Å². The highest BCUT2D eigenvalue weighted by Gasteiger charge is 2.47. The minimum atomic E-state index is -0.0625. The van der Waals surface area contributed by atoms with Gasteiger partial charge in [-0.3, -0.25) is 0 Å². The molecule has 7 aromatic carbocycles. The number of nitrogens with zero attached hydrogens (tertiary/aromatic N) is 2. The Morgan fingerprint density at radius 1 is 0.578 bits per heavy atom. The van der Waals surface area contributed by atoms with Gasteiger partial charge in [0.25, 0.3) is 0 Å². The van der Waals surface area contributed by atoms with E-state index >= 15 is 0 Å². The van der Waals surface area contributed by atoms with E-state index in [0.29, 0.717) is 0 Å². The number of hydrogen-bond donors (Lipinski definition) is 0. The molecule has 13 rings (SSSR count). The molecule has 0 unspecified atom stereocenters. The zero-order valence-corrected chi connectivity index (χ0v) is 40.7. The molecule has 0 bridgehead atoms. The number of hydrogen-bond acceptors (Lipinski definition) is 3. The van der Waals surface area contributed by atoms with Crippen molar-refractivity contribution in [2.45, 2.75) is 111 Å². The molecule has 0 amide bonds. The SMILES string of the molecule is Cc1cc2c(cc1N1B3c4c(cc5sc6ccccc6c5c4-n4c5ccc(C(C)(C)C)cc5c5cc(C(C)(C)C)cc3c54)-c3c1ccc1c3sc3ccccc31)C(C)(C)CCC2(C)C. The number of aryl methyl sites for hydroxylation is 1. The van der Waals surface area contributed by atoms with Crippen LogP contribution in [0.15, 0.2) is 109 Å². The van der Waals surface area contributed by atoms with Crippen LogP contribution in [0.25, 0.3) is 79.0 Å². The van der Waals surface area contributed by atoms with Crippen molar-refractivity contribution < 1.29 is 0 Å². The Bertz CT molecular complexity index is 3720. The second-order valence-corrected chi connectivity index (χ2v) is 25.0. The summed E-state index contributed by atoms with van der Waals surface area (Å²) in [5, 5.41) is 8.14. The largest absolute Gasteiger partial charge is 0.376 e. The third-order valence-corrected chi connectivity index (χ3v) is 18.2. The first kappa shape index (κ1) is 39.0. The molecule has 64 heavy (non-hydrogen) atoms. The summed E-state index contributed by atoms with van der Waals surface area (Å²) in [6.07, 6.45) is 2.38. The molecule has 3 aromatic heterocycles. The van der Waals surface area contributed by atoms with Gasteiger partial charge in [-0.05, 0) is 134 Å². The van der Waals surface area contributed by atoms with Gasteiger partial charge in [0.1, 0.15) is 0 Å². The summed E-state index contributed by atoms with van der Waals surface area (Å²) >= 11 is 3.93. The smallest absolute Gasteiger partial charge is 0.333 e. The lowest BCUT2D eigenvalue weighted by molar-refractivity contribution is 0.332. The Morgan fingerprint density at radius 2 is 1.23 bits per heavy atom. The van der Waals surface area contributed by atoms with Crippen LogP contribution in [0, 0.1) is 6.92 Å². The monoisotopic (exact) mass is 866 g/mol. The van der Waals surface area contributed by atoms with Crippen LogP contribution >= 0.6 is 22.7 Å². The number of aromatic nitrogens is 1. The Balaban J connectivity index is 1.28. The highest BCUT2D eigenvalue weighted by Crippen LogP contribution is 2.55. The van der Waals surface area contributed by atoms with E-state index in [1.165, 1.54) is 142 Å². The van der Waals surface area contributed by atoms with Gasteiger partial charge in [0.15, 0.2) is 0 Å². The lowest BCUT2D eigenvalue weighted by Crippen LogP contribution is -2.61. The maximum absolute atomic E-state index is 2.83. The summed E-state index contributed by atoms with van der Waals surface area (Å²) in [6.45, 7) is 26.5. The molecule has 0 spiro atoms. The van der Waals surface area contributed by atoms with Gasteiger partial charge in [0.2, 0.25) is 0 Å². The van der Waals surface area contributed by atoms with Crippen molar-refractivity contribution in [3.63, 3.8) is 0 Å². The normalized spacial score (nSPS) is 16.4. The zero-order chi connectivity index (χ0) is 44.1. The van der Waals surface area contributed by atoms with Gasteiger partial charge < -0.3 is 9.38 Å². The van der Waals surface area contributed by atoms with Crippen molar-refractivity contribution in [2.24, 2.45) is 0 Å². The first-order valence-corrected chi connectivity index (χ1v) is 25.1. The third-order valence-electron chi connectivity index (χ3n) is 15.8. The highest BCUT2D eigenvalue weighted by molar-refractivity contribution is 7.27. The van der Waals surface area contributed by atoms with Crippen molar-refractivity contribution >= 4 is 114 Å². The van der Waals surface area contributed by atoms with Crippen LogP contribution in [0.4, 0.5) is 11.4 Å². The second-order valence-electron chi connectivity index (χ2n) is 22.8. The number of fused-ring (bicyclic) bond motifs is 16. The van der Waals surface area contributed by atoms with E-state index in [4.69, 9.17) is 0 Å². The van der Waals surface area contributed by atoms with Gasteiger partial charge in [-0.25, -0.2) is 0 Å². The van der Waals surface area contributed by atoms with Crippen LogP contribution in [0.5, 0.6) is 0 Å². The molecule has 2 nitrogen and oxygen atoms in total. The molecule has 316 valence electrons. The summed E-state index contributed by atoms with van der Waals surface area (Å²) < 4.78 is 8.16. The molecule has 0 saturated heterocycles. The Morgan fingerprint density at radius 3 is 1.95 bits per heavy atom. The summed E-state index contributed by atoms with van der Waals surface area (Å²) in [5.74, 6) is 0. The van der Waals surface area contributed by atoms with E-state index in [1.54, 1.807) is 0 Å². The van der Waals surface area contributed by atoms with Crippen molar-refractivity contribution in [2.75, 3.05) is 4.81 Å². The van der Waals surface area contributed by atoms with Crippen molar-refractivity contribution in [1.82, 2.24) is 4.57 Å². The molecule has 0 saturated carbocycles. The van der Waals surface area contributed by atoms with Crippen molar-refractivity contribution in [1.29, 1.82) is 0 Å². The van der Waals surface area contributed by atoms with Crippen LogP contribution in [0.2, 0.25) is 0 Å². The lowest BCUT2D eigenvalue weighted by Gasteiger charge is -2.46. The van der Waals surface area contributed by atoms with Gasteiger partial charge in [-0.1, -0.05) is 130 Å². The van der Waals surface area contributed by atoms with Crippen LogP contribution in [0.1, 0.15) is 110 Å². The number of thiophene rings is 2. The minimum absolute atomic E-state index is 0.0149. The Hall–Kier alpha value is -5.36. The fraction of sp³-hybridized carbons (Fsp3) is 0.288. The Labute approximate surface area is 385 Å². The first-order chi connectivity index (χ1) is 30.4. The van der Waals surface area contributed by atoms with E-state index < -0.39 is 0 Å². The predicted molar refractivity (Wildman–Crippen MR) is 283 cm³/mol. The van der Waals surface area contributed by atoms with E-state index in [-0.39, 0.29) is 28.5 Å². The van der Waals surface area contributed by atoms with Crippen molar-refractivity contribution in [3.05, 3.63) is 137 Å². The molecule has 0 atom stereocenters. The molecule has 3 aliphatic rings. The predicted octanol–water partition coefficient (Wildman–Crippen LogP) is 16.0. The second kappa shape index (κ2) is 12.5. The molecule has 0 N–H and O–H groups in total. The van der Waals surface area contributed by atoms with Crippen LogP contribution in [-0.2, 0) is 21.7 Å². The Kier molecular flexibility index (Phi) is 7.63. The fourth-order valence-electron chi connectivity index (χ4n) is 12.2. The zero-order valence-electron chi connectivity index (χ0n) is 39.1. The van der Waals surface area contributed by atoms with Gasteiger partial charge in [0.05, 0.1) is 16.7 Å². The number of rotatable bonds is 1. The molecule has 1 aliphatic carbocycles. The van der Waals surface area contributed by atoms with Crippen LogP contribution in [0.3, 0.4) is 0 Å². The number of anilines is 2. The average molecular weight is 867 g/mol. The quantitative estimate of drug-likeness (QED) is 0.149. The summed E-state index contributed by atoms with van der Waals surface area (Å²) in [4.78, 5) is 2.83. The summed E-state index contributed by atoms with van der Waals surface area (Å²) in [7, 11) is 0. The first-order valence-electron chi connectivity index (χ1n) is 23.4. The molecular weight excluding hydrogens is 812 g/mol. The van der Waals surface area contributed by atoms with Crippen molar-refractivity contribution in [3.8, 4) is 16.8 Å². The van der Waals surface area contributed by atoms with Gasteiger partial charge in [-0.15, -0.1) is 22.7 Å². The molecule has 0 radical (unpaired) electrons. The molecule has 10 aromatic rings. The maximum atomic E-state index is 2.83. The molecule has 0 fully saturated rings. The lowest BCUT2D eigenvalue weighted by atomic mass is 9.43. The third kappa shape index (κ3) is 5.09. The van der Waals surface area contributed by atoms with Gasteiger partial charge >= 0.3 is 6.85 Å². The van der Waals surface area contributed by atoms with Crippen LogP contribution in [-0.4, -0.2) is 11.4 Å². The highest BCUT2D eigenvalue weighted by atomic mass is 32.1. The van der Waals surface area contributed by atoms with E-state index in [9.17, 15) is 0 Å². The molecular formula is C59H55BN2S2. The number of benzene rings is 7. The maximum Gasteiger partial charge on any atom is 0.333 e. The topological polar surface area (TPSA) is 8.17 Å². The van der Waals surface area contributed by atoms with Gasteiger partial charge in [0, 0.05) is 68.1 Å². The summed E-state index contributed by atoms with van der Waals surface area (Å²) in [6, 6.07) is 43.6.